The fraction of sp³-hybridized carbons (Fsp3) is 0.348. The van der Waals surface area contributed by atoms with Crippen LogP contribution in [0.5, 0.6) is 5.75 Å². The Hall–Kier alpha value is -3.06. The molecule has 8 heteroatoms. The summed E-state index contributed by atoms with van der Waals surface area (Å²) in [5, 5.41) is 6.27. The Bertz CT molecular complexity index is 1000. The summed E-state index contributed by atoms with van der Waals surface area (Å²) < 4.78 is 5.36. The third-order valence-electron chi connectivity index (χ3n) is 5.52. The summed E-state index contributed by atoms with van der Waals surface area (Å²) in [5.74, 6) is -0.292. The molecule has 0 saturated heterocycles. The van der Waals surface area contributed by atoms with Crippen molar-refractivity contribution in [1.82, 2.24) is 10.2 Å². The van der Waals surface area contributed by atoms with Crippen LogP contribution in [-0.2, 0) is 16.1 Å². The molecular formula is C23H24ClN3O4. The van der Waals surface area contributed by atoms with Crippen LogP contribution in [-0.4, -0.2) is 41.8 Å². The second-order valence-electron chi connectivity index (χ2n) is 7.85. The van der Waals surface area contributed by atoms with E-state index in [1.807, 2.05) is 18.2 Å². The molecule has 0 bridgehead atoms. The van der Waals surface area contributed by atoms with Crippen LogP contribution in [0.1, 0.15) is 41.6 Å². The van der Waals surface area contributed by atoms with Gasteiger partial charge in [0.15, 0.2) is 6.61 Å². The fourth-order valence-corrected chi connectivity index (χ4v) is 4.14. The zero-order chi connectivity index (χ0) is 21.8. The third-order valence-corrected chi connectivity index (χ3v) is 5.89. The molecule has 4 rings (SSSR count). The van der Waals surface area contributed by atoms with E-state index in [1.165, 1.54) is 4.90 Å². The minimum atomic E-state index is -0.330. The van der Waals surface area contributed by atoms with Gasteiger partial charge in [-0.3, -0.25) is 14.4 Å². The molecule has 2 aromatic rings. The number of nitrogens with one attached hydrogen (secondary N) is 2. The lowest BCUT2D eigenvalue weighted by atomic mass is 10.1. The van der Waals surface area contributed by atoms with Gasteiger partial charge in [-0.2, -0.15) is 0 Å². The molecule has 1 fully saturated rings. The summed E-state index contributed by atoms with van der Waals surface area (Å²) in [7, 11) is 0. The third kappa shape index (κ3) is 5.17. The van der Waals surface area contributed by atoms with E-state index in [9.17, 15) is 14.4 Å². The maximum Gasteiger partial charge on any atom is 0.262 e. The average Bonchev–Trinajstić information content (AvgIpc) is 3.26. The molecule has 0 radical (unpaired) electrons. The zero-order valence-electron chi connectivity index (χ0n) is 17.0. The Balaban J connectivity index is 1.55. The van der Waals surface area contributed by atoms with Crippen molar-refractivity contribution < 1.29 is 19.1 Å². The molecule has 162 valence electrons. The summed E-state index contributed by atoms with van der Waals surface area (Å²) in [5.41, 5.74) is 1.54. The summed E-state index contributed by atoms with van der Waals surface area (Å²) in [6.45, 7) is 0.0529. The number of carbonyl (C=O) groups excluding carboxylic acids is 3. The van der Waals surface area contributed by atoms with Gasteiger partial charge < -0.3 is 20.3 Å². The smallest absolute Gasteiger partial charge is 0.262 e. The van der Waals surface area contributed by atoms with Crippen LogP contribution in [0.4, 0.5) is 5.69 Å². The van der Waals surface area contributed by atoms with Crippen LogP contribution in [0.25, 0.3) is 0 Å². The Morgan fingerprint density at radius 2 is 1.94 bits per heavy atom. The highest BCUT2D eigenvalue weighted by atomic mass is 35.5. The molecule has 0 spiro atoms. The molecule has 1 aliphatic heterocycles. The van der Waals surface area contributed by atoms with Gasteiger partial charge in [0.05, 0.1) is 5.69 Å². The van der Waals surface area contributed by atoms with Gasteiger partial charge in [0, 0.05) is 23.2 Å². The lowest BCUT2D eigenvalue weighted by Gasteiger charge is -2.25. The van der Waals surface area contributed by atoms with Crippen molar-refractivity contribution in [2.24, 2.45) is 0 Å². The first-order valence-corrected chi connectivity index (χ1v) is 10.8. The molecule has 31 heavy (non-hydrogen) atoms. The fourth-order valence-electron chi connectivity index (χ4n) is 3.95. The lowest BCUT2D eigenvalue weighted by molar-refractivity contribution is -0.122. The van der Waals surface area contributed by atoms with Crippen LogP contribution in [0.15, 0.2) is 42.5 Å². The minimum Gasteiger partial charge on any atom is -0.482 e. The SMILES string of the molecule is O=C1COc2ccc(C(=O)N(CC(=O)NC3CCCC3)Cc3ccccc3Cl)cc2N1. The van der Waals surface area contributed by atoms with Crippen molar-refractivity contribution in [2.45, 2.75) is 38.3 Å². The minimum absolute atomic E-state index is 0.0553. The van der Waals surface area contributed by atoms with Gasteiger partial charge in [-0.1, -0.05) is 42.6 Å². The first-order chi connectivity index (χ1) is 15.0. The van der Waals surface area contributed by atoms with Crippen LogP contribution in [0.2, 0.25) is 5.02 Å². The van der Waals surface area contributed by atoms with Gasteiger partial charge in [0.2, 0.25) is 5.91 Å². The number of ether oxygens (including phenoxy) is 1. The predicted molar refractivity (Wildman–Crippen MR) is 117 cm³/mol. The van der Waals surface area contributed by atoms with Crippen molar-refractivity contribution in [3.63, 3.8) is 0 Å². The molecule has 2 aromatic carbocycles. The quantitative estimate of drug-likeness (QED) is 0.719. The highest BCUT2D eigenvalue weighted by molar-refractivity contribution is 6.31. The molecule has 2 N–H and O–H groups in total. The Labute approximate surface area is 185 Å². The maximum absolute atomic E-state index is 13.3. The van der Waals surface area contributed by atoms with Crippen LogP contribution in [0, 0.1) is 0 Å². The molecule has 1 saturated carbocycles. The number of carbonyl (C=O) groups is 3. The van der Waals surface area contributed by atoms with E-state index in [0.717, 1.165) is 31.2 Å². The number of halogens is 1. The summed E-state index contributed by atoms with van der Waals surface area (Å²) in [4.78, 5) is 39.1. The predicted octanol–water partition coefficient (Wildman–Crippen LogP) is 3.37. The van der Waals surface area contributed by atoms with Gasteiger partial charge in [0.1, 0.15) is 12.3 Å². The van der Waals surface area contributed by atoms with Crippen molar-refractivity contribution >= 4 is 35.0 Å². The molecule has 1 aliphatic carbocycles. The first kappa shape index (κ1) is 21.2. The van der Waals surface area contributed by atoms with E-state index < -0.39 is 0 Å². The van der Waals surface area contributed by atoms with E-state index in [1.54, 1.807) is 24.3 Å². The number of anilines is 1. The van der Waals surface area contributed by atoms with Crippen LogP contribution < -0.4 is 15.4 Å². The molecule has 1 heterocycles. The number of nitrogens with zero attached hydrogens (tertiary/aromatic N) is 1. The number of hydrogen-bond acceptors (Lipinski definition) is 4. The summed E-state index contributed by atoms with van der Waals surface area (Å²) >= 11 is 6.30. The molecule has 0 unspecified atom stereocenters. The van der Waals surface area contributed by atoms with Crippen molar-refractivity contribution in [3.05, 3.63) is 58.6 Å². The monoisotopic (exact) mass is 441 g/mol. The standard InChI is InChI=1S/C23H24ClN3O4/c24-18-8-4-1-5-16(18)12-27(13-21(28)25-17-6-2-3-7-17)23(30)15-9-10-20-19(11-15)26-22(29)14-31-20/h1,4-5,8-11,17H,2-3,6-7,12-14H2,(H,25,28)(H,26,29). The van der Waals surface area contributed by atoms with Crippen molar-refractivity contribution in [3.8, 4) is 5.75 Å². The summed E-state index contributed by atoms with van der Waals surface area (Å²) in [6, 6.07) is 12.3. The lowest BCUT2D eigenvalue weighted by Crippen LogP contribution is -2.43. The Kier molecular flexibility index (Phi) is 6.42. The highest BCUT2D eigenvalue weighted by Gasteiger charge is 2.25. The van der Waals surface area contributed by atoms with E-state index in [2.05, 4.69) is 10.6 Å². The van der Waals surface area contributed by atoms with Gasteiger partial charge in [-0.25, -0.2) is 0 Å². The number of rotatable bonds is 6. The van der Waals surface area contributed by atoms with Gasteiger partial charge in [-0.05, 0) is 42.7 Å². The topological polar surface area (TPSA) is 87.7 Å². The van der Waals surface area contributed by atoms with E-state index >= 15 is 0 Å². The highest BCUT2D eigenvalue weighted by Crippen LogP contribution is 2.29. The van der Waals surface area contributed by atoms with E-state index in [4.69, 9.17) is 16.3 Å². The molecule has 0 atom stereocenters. The number of amides is 3. The molecular weight excluding hydrogens is 418 g/mol. The Morgan fingerprint density at radius 3 is 2.71 bits per heavy atom. The molecule has 2 aliphatic rings. The number of hydrogen-bond donors (Lipinski definition) is 2. The number of fused-ring (bicyclic) bond motifs is 1. The largest absolute Gasteiger partial charge is 0.482 e. The number of benzene rings is 2. The van der Waals surface area contributed by atoms with E-state index in [0.29, 0.717) is 22.0 Å². The molecule has 3 amide bonds. The Morgan fingerprint density at radius 1 is 1.16 bits per heavy atom. The average molecular weight is 442 g/mol. The molecule has 0 aromatic heterocycles. The van der Waals surface area contributed by atoms with Gasteiger partial charge in [-0.15, -0.1) is 0 Å². The van der Waals surface area contributed by atoms with Crippen LogP contribution in [0.3, 0.4) is 0 Å². The van der Waals surface area contributed by atoms with E-state index in [-0.39, 0.29) is 43.5 Å². The van der Waals surface area contributed by atoms with Crippen molar-refractivity contribution in [2.75, 3.05) is 18.5 Å². The normalized spacial score (nSPS) is 15.6. The zero-order valence-corrected chi connectivity index (χ0v) is 17.8. The summed E-state index contributed by atoms with van der Waals surface area (Å²) in [6.07, 6.45) is 4.15. The molecule has 7 nitrogen and oxygen atoms in total. The van der Waals surface area contributed by atoms with Crippen LogP contribution >= 0.6 is 11.6 Å². The second-order valence-corrected chi connectivity index (χ2v) is 8.26. The van der Waals surface area contributed by atoms with Gasteiger partial charge in [0.25, 0.3) is 11.8 Å². The van der Waals surface area contributed by atoms with Crippen molar-refractivity contribution in [1.29, 1.82) is 0 Å². The van der Waals surface area contributed by atoms with Gasteiger partial charge >= 0.3 is 0 Å². The first-order valence-electron chi connectivity index (χ1n) is 10.4. The second kappa shape index (κ2) is 9.39. The maximum atomic E-state index is 13.3.